The fraction of sp³-hybridized carbons (Fsp3) is 0.273. The summed E-state index contributed by atoms with van der Waals surface area (Å²) in [5.74, 6) is 1.44. The van der Waals surface area contributed by atoms with E-state index in [9.17, 15) is 0 Å². The van der Waals surface area contributed by atoms with E-state index in [0.29, 0.717) is 24.3 Å². The van der Waals surface area contributed by atoms with Crippen LogP contribution in [0.25, 0.3) is 17.3 Å². The standard InChI is InChI=1S/C11H13N9/c1-3-13-10-16-9(8-4-14-19(2)5-8)17-11(18-10)20-7-12-6-15-20/h4-7H,3H2,1-2H3,(H,13,16,17,18). The van der Waals surface area contributed by atoms with E-state index in [1.165, 1.54) is 17.3 Å². The summed E-state index contributed by atoms with van der Waals surface area (Å²) in [5.41, 5.74) is 0.815. The van der Waals surface area contributed by atoms with E-state index < -0.39 is 0 Å². The minimum Gasteiger partial charge on any atom is -0.354 e. The lowest BCUT2D eigenvalue weighted by Gasteiger charge is -2.06. The number of aromatic nitrogens is 8. The third kappa shape index (κ3) is 2.32. The fourth-order valence-electron chi connectivity index (χ4n) is 1.68. The van der Waals surface area contributed by atoms with Gasteiger partial charge in [-0.25, -0.2) is 4.98 Å². The normalized spacial score (nSPS) is 10.7. The number of hydrogen-bond donors (Lipinski definition) is 1. The van der Waals surface area contributed by atoms with Crippen molar-refractivity contribution in [3.8, 4) is 17.3 Å². The van der Waals surface area contributed by atoms with E-state index in [-0.39, 0.29) is 0 Å². The van der Waals surface area contributed by atoms with Crippen LogP contribution in [-0.2, 0) is 7.05 Å². The molecule has 1 N–H and O–H groups in total. The molecule has 0 bridgehead atoms. The Morgan fingerprint density at radius 1 is 1.20 bits per heavy atom. The lowest BCUT2D eigenvalue weighted by atomic mass is 10.3. The maximum atomic E-state index is 4.39. The van der Waals surface area contributed by atoms with Crippen LogP contribution in [0.5, 0.6) is 0 Å². The highest BCUT2D eigenvalue weighted by molar-refractivity contribution is 5.54. The molecule has 0 saturated carbocycles. The number of anilines is 1. The van der Waals surface area contributed by atoms with Crippen molar-refractivity contribution < 1.29 is 0 Å². The number of aryl methyl sites for hydroxylation is 1. The van der Waals surface area contributed by atoms with Crippen molar-refractivity contribution in [3.63, 3.8) is 0 Å². The van der Waals surface area contributed by atoms with Crippen molar-refractivity contribution in [3.05, 3.63) is 25.0 Å². The highest BCUT2D eigenvalue weighted by atomic mass is 15.4. The third-order valence-corrected chi connectivity index (χ3v) is 2.55. The second-order valence-electron chi connectivity index (χ2n) is 4.06. The summed E-state index contributed by atoms with van der Waals surface area (Å²) >= 11 is 0. The molecule has 0 atom stereocenters. The van der Waals surface area contributed by atoms with Gasteiger partial charge in [0.25, 0.3) is 5.95 Å². The van der Waals surface area contributed by atoms with Gasteiger partial charge in [-0.05, 0) is 6.92 Å². The van der Waals surface area contributed by atoms with Crippen LogP contribution in [-0.4, -0.2) is 46.0 Å². The first-order chi connectivity index (χ1) is 9.76. The summed E-state index contributed by atoms with van der Waals surface area (Å²) in [7, 11) is 1.84. The van der Waals surface area contributed by atoms with E-state index in [1.807, 2.05) is 20.2 Å². The van der Waals surface area contributed by atoms with Gasteiger partial charge >= 0.3 is 0 Å². The summed E-state index contributed by atoms with van der Waals surface area (Å²) in [4.78, 5) is 16.9. The maximum absolute atomic E-state index is 4.39. The van der Waals surface area contributed by atoms with Crippen molar-refractivity contribution in [1.82, 2.24) is 39.5 Å². The minimum absolute atomic E-state index is 0.410. The number of nitrogens with one attached hydrogen (secondary N) is 1. The van der Waals surface area contributed by atoms with E-state index in [2.05, 4.69) is 35.5 Å². The van der Waals surface area contributed by atoms with Crippen LogP contribution < -0.4 is 5.32 Å². The largest absolute Gasteiger partial charge is 0.354 e. The lowest BCUT2D eigenvalue weighted by Crippen LogP contribution is -2.10. The molecule has 102 valence electrons. The predicted octanol–water partition coefficient (Wildman–Crippen LogP) is 0.285. The Kier molecular flexibility index (Phi) is 3.07. The molecule has 9 heteroatoms. The molecule has 9 nitrogen and oxygen atoms in total. The summed E-state index contributed by atoms with van der Waals surface area (Å²) < 4.78 is 3.18. The predicted molar refractivity (Wildman–Crippen MR) is 71.1 cm³/mol. The Labute approximate surface area is 114 Å². The molecule has 0 aliphatic rings. The van der Waals surface area contributed by atoms with Gasteiger partial charge in [-0.2, -0.15) is 29.8 Å². The second kappa shape index (κ2) is 5.03. The lowest BCUT2D eigenvalue weighted by molar-refractivity contribution is 0.767. The zero-order chi connectivity index (χ0) is 13.9. The van der Waals surface area contributed by atoms with Crippen LogP contribution in [0.2, 0.25) is 0 Å². The summed E-state index contributed by atoms with van der Waals surface area (Å²) in [6, 6.07) is 0. The van der Waals surface area contributed by atoms with Gasteiger partial charge in [-0.15, -0.1) is 0 Å². The van der Waals surface area contributed by atoms with Crippen LogP contribution >= 0.6 is 0 Å². The van der Waals surface area contributed by atoms with Crippen LogP contribution in [0.4, 0.5) is 5.95 Å². The zero-order valence-corrected chi connectivity index (χ0v) is 11.1. The quantitative estimate of drug-likeness (QED) is 0.727. The third-order valence-electron chi connectivity index (χ3n) is 2.55. The van der Waals surface area contributed by atoms with E-state index in [0.717, 1.165) is 5.56 Å². The van der Waals surface area contributed by atoms with Crippen molar-refractivity contribution in [2.45, 2.75) is 6.92 Å². The molecule has 0 aromatic carbocycles. The SMILES string of the molecule is CCNc1nc(-c2cnn(C)c2)nc(-n2cncn2)n1. The topological polar surface area (TPSA) is 99.2 Å². The van der Waals surface area contributed by atoms with Crippen LogP contribution in [0, 0.1) is 0 Å². The van der Waals surface area contributed by atoms with E-state index >= 15 is 0 Å². The zero-order valence-electron chi connectivity index (χ0n) is 11.1. The average molecular weight is 271 g/mol. The molecule has 0 aliphatic carbocycles. The fourth-order valence-corrected chi connectivity index (χ4v) is 1.68. The molecule has 0 saturated heterocycles. The number of rotatable bonds is 4. The molecule has 0 spiro atoms. The monoisotopic (exact) mass is 271 g/mol. The second-order valence-corrected chi connectivity index (χ2v) is 4.06. The maximum Gasteiger partial charge on any atom is 0.257 e. The van der Waals surface area contributed by atoms with Crippen molar-refractivity contribution in [2.75, 3.05) is 11.9 Å². The molecule has 0 radical (unpaired) electrons. The van der Waals surface area contributed by atoms with E-state index in [4.69, 9.17) is 0 Å². The Balaban J connectivity index is 2.09. The first kappa shape index (κ1) is 12.2. The first-order valence-corrected chi connectivity index (χ1v) is 6.10. The summed E-state index contributed by atoms with van der Waals surface area (Å²) in [6.45, 7) is 2.69. The molecular formula is C11H13N9. The van der Waals surface area contributed by atoms with Crippen LogP contribution in [0.1, 0.15) is 6.92 Å². The van der Waals surface area contributed by atoms with Gasteiger partial charge < -0.3 is 5.32 Å². The van der Waals surface area contributed by atoms with Gasteiger partial charge in [0.1, 0.15) is 12.7 Å². The molecule has 0 aliphatic heterocycles. The van der Waals surface area contributed by atoms with Crippen molar-refractivity contribution in [1.29, 1.82) is 0 Å². The Hall–Kier alpha value is -2.84. The molecular weight excluding hydrogens is 258 g/mol. The average Bonchev–Trinajstić information content (AvgIpc) is 3.09. The van der Waals surface area contributed by atoms with Crippen molar-refractivity contribution in [2.24, 2.45) is 7.05 Å². The van der Waals surface area contributed by atoms with Crippen LogP contribution in [0.15, 0.2) is 25.0 Å². The number of nitrogens with zero attached hydrogens (tertiary/aromatic N) is 8. The smallest absolute Gasteiger partial charge is 0.257 e. The molecule has 0 amide bonds. The highest BCUT2D eigenvalue weighted by Crippen LogP contribution is 2.16. The Morgan fingerprint density at radius 2 is 2.10 bits per heavy atom. The highest BCUT2D eigenvalue weighted by Gasteiger charge is 2.11. The van der Waals surface area contributed by atoms with Gasteiger partial charge in [0.05, 0.1) is 11.8 Å². The van der Waals surface area contributed by atoms with E-state index in [1.54, 1.807) is 10.9 Å². The Bertz CT molecular complexity index is 701. The summed E-state index contributed by atoms with van der Waals surface area (Å²) in [6.07, 6.45) is 6.52. The molecule has 3 aromatic heterocycles. The first-order valence-electron chi connectivity index (χ1n) is 6.10. The van der Waals surface area contributed by atoms with Gasteiger partial charge in [0, 0.05) is 19.8 Å². The van der Waals surface area contributed by atoms with Gasteiger partial charge in [-0.3, -0.25) is 4.68 Å². The van der Waals surface area contributed by atoms with Gasteiger partial charge in [-0.1, -0.05) is 0 Å². The van der Waals surface area contributed by atoms with Gasteiger partial charge in [0.15, 0.2) is 5.82 Å². The molecule has 20 heavy (non-hydrogen) atoms. The van der Waals surface area contributed by atoms with Crippen LogP contribution in [0.3, 0.4) is 0 Å². The minimum atomic E-state index is 0.410. The van der Waals surface area contributed by atoms with Gasteiger partial charge in [0.2, 0.25) is 5.95 Å². The number of hydrogen-bond acceptors (Lipinski definition) is 7. The van der Waals surface area contributed by atoms with Crippen molar-refractivity contribution >= 4 is 5.95 Å². The molecule has 3 rings (SSSR count). The molecule has 3 heterocycles. The molecule has 0 unspecified atom stereocenters. The summed E-state index contributed by atoms with van der Waals surface area (Å²) in [5, 5.41) is 11.2. The Morgan fingerprint density at radius 3 is 2.75 bits per heavy atom. The molecule has 0 fully saturated rings. The molecule has 3 aromatic rings.